The predicted molar refractivity (Wildman–Crippen MR) is 86.5 cm³/mol. The maximum atomic E-state index is 12.0. The zero-order valence-electron chi connectivity index (χ0n) is 14.1. The third-order valence-corrected chi connectivity index (χ3v) is 4.84. The Hall–Kier alpha value is -0.810. The maximum Gasteiger partial charge on any atom is 0.319 e. The Labute approximate surface area is 129 Å². The first-order valence-electron chi connectivity index (χ1n) is 8.44. The number of rotatable bonds is 4. The first-order valence-corrected chi connectivity index (χ1v) is 8.44. The number of hydrogen-bond acceptors (Lipinski definition) is 3. The van der Waals surface area contributed by atoms with Crippen LogP contribution in [0, 0.1) is 0 Å². The molecule has 2 aliphatic rings. The molecular weight excluding hydrogens is 264 g/mol. The molecule has 0 saturated carbocycles. The third kappa shape index (κ3) is 4.33. The molecule has 0 bridgehead atoms. The van der Waals surface area contributed by atoms with E-state index in [1.165, 1.54) is 19.4 Å². The summed E-state index contributed by atoms with van der Waals surface area (Å²) in [4.78, 5) is 18.3. The van der Waals surface area contributed by atoms with Gasteiger partial charge in [0.05, 0.1) is 0 Å². The molecule has 0 aliphatic carbocycles. The highest BCUT2D eigenvalue weighted by molar-refractivity contribution is 5.73. The Balaban J connectivity index is 1.86. The number of urea groups is 1. The second kappa shape index (κ2) is 7.45. The lowest BCUT2D eigenvalue weighted by molar-refractivity contribution is 0.0808. The van der Waals surface area contributed by atoms with Crippen LogP contribution in [-0.4, -0.2) is 79.1 Å². The lowest BCUT2D eigenvalue weighted by Gasteiger charge is -2.42. The molecule has 0 aromatic carbocycles. The predicted octanol–water partition coefficient (Wildman–Crippen LogP) is 1.59. The Morgan fingerprint density at radius 3 is 2.38 bits per heavy atom. The van der Waals surface area contributed by atoms with Crippen LogP contribution in [-0.2, 0) is 0 Å². The normalized spacial score (nSPS) is 24.1. The molecule has 2 aliphatic heterocycles. The summed E-state index contributed by atoms with van der Waals surface area (Å²) in [5.41, 5.74) is 0. The molecule has 2 fully saturated rings. The third-order valence-electron chi connectivity index (χ3n) is 4.84. The van der Waals surface area contributed by atoms with Gasteiger partial charge in [0.1, 0.15) is 0 Å². The molecule has 1 unspecified atom stereocenters. The molecule has 0 spiro atoms. The highest BCUT2D eigenvalue weighted by Crippen LogP contribution is 2.21. The number of likely N-dealkylation sites (tertiary alicyclic amines) is 1. The topological polar surface area (TPSA) is 38.8 Å². The van der Waals surface area contributed by atoms with Crippen LogP contribution in [0.15, 0.2) is 0 Å². The van der Waals surface area contributed by atoms with Crippen LogP contribution >= 0.6 is 0 Å². The standard InChI is InChI=1S/C16H32N4O/c1-13(2)20(12-14-6-5-9-17-14)15-7-10-19(11-8-15)16(21)18(3)4/h13-15,17H,5-12H2,1-4H3. The summed E-state index contributed by atoms with van der Waals surface area (Å²) in [5.74, 6) is 0. The van der Waals surface area contributed by atoms with Gasteiger partial charge in [0.2, 0.25) is 0 Å². The molecular formula is C16H32N4O. The molecule has 0 aromatic rings. The van der Waals surface area contributed by atoms with Gasteiger partial charge in [-0.05, 0) is 46.1 Å². The van der Waals surface area contributed by atoms with Crippen LogP contribution in [0.25, 0.3) is 0 Å². The number of piperidine rings is 1. The second-order valence-electron chi connectivity index (χ2n) is 6.98. The summed E-state index contributed by atoms with van der Waals surface area (Å²) < 4.78 is 0. The van der Waals surface area contributed by atoms with Crippen molar-refractivity contribution < 1.29 is 4.79 Å². The number of carbonyl (C=O) groups is 1. The van der Waals surface area contributed by atoms with Gasteiger partial charge < -0.3 is 15.1 Å². The van der Waals surface area contributed by atoms with Crippen molar-refractivity contribution >= 4 is 6.03 Å². The molecule has 2 saturated heterocycles. The average Bonchev–Trinajstić information content (AvgIpc) is 2.97. The van der Waals surface area contributed by atoms with Crippen molar-refractivity contribution in [2.75, 3.05) is 40.3 Å². The fourth-order valence-corrected chi connectivity index (χ4v) is 3.62. The molecule has 0 radical (unpaired) electrons. The number of nitrogens with zero attached hydrogens (tertiary/aromatic N) is 3. The van der Waals surface area contributed by atoms with Gasteiger partial charge in [0, 0.05) is 51.9 Å². The minimum Gasteiger partial charge on any atom is -0.331 e. The summed E-state index contributed by atoms with van der Waals surface area (Å²) in [6.07, 6.45) is 4.82. The highest BCUT2D eigenvalue weighted by Gasteiger charge is 2.30. The Bertz CT molecular complexity index is 331. The van der Waals surface area contributed by atoms with E-state index in [9.17, 15) is 4.79 Å². The van der Waals surface area contributed by atoms with Crippen LogP contribution in [0.1, 0.15) is 39.5 Å². The summed E-state index contributed by atoms with van der Waals surface area (Å²) in [6.45, 7) is 8.71. The van der Waals surface area contributed by atoms with Crippen LogP contribution < -0.4 is 5.32 Å². The summed E-state index contributed by atoms with van der Waals surface area (Å²) in [7, 11) is 3.67. The zero-order valence-corrected chi connectivity index (χ0v) is 14.1. The van der Waals surface area contributed by atoms with E-state index in [4.69, 9.17) is 0 Å². The highest BCUT2D eigenvalue weighted by atomic mass is 16.2. The van der Waals surface area contributed by atoms with Gasteiger partial charge in [-0.15, -0.1) is 0 Å². The van der Waals surface area contributed by atoms with E-state index in [1.807, 2.05) is 19.0 Å². The van der Waals surface area contributed by atoms with E-state index in [0.29, 0.717) is 18.1 Å². The molecule has 1 atom stereocenters. The lowest BCUT2D eigenvalue weighted by Crippen LogP contribution is -2.53. The van der Waals surface area contributed by atoms with E-state index >= 15 is 0 Å². The van der Waals surface area contributed by atoms with Gasteiger partial charge in [0.15, 0.2) is 0 Å². The zero-order chi connectivity index (χ0) is 15.4. The number of nitrogens with one attached hydrogen (secondary N) is 1. The van der Waals surface area contributed by atoms with Crippen LogP contribution in [0.5, 0.6) is 0 Å². The van der Waals surface area contributed by atoms with Gasteiger partial charge >= 0.3 is 6.03 Å². The number of hydrogen-bond donors (Lipinski definition) is 1. The van der Waals surface area contributed by atoms with Crippen LogP contribution in [0.3, 0.4) is 0 Å². The molecule has 5 heteroatoms. The van der Waals surface area contributed by atoms with Crippen LogP contribution in [0.4, 0.5) is 4.79 Å². The molecule has 2 amide bonds. The quantitative estimate of drug-likeness (QED) is 0.856. The molecule has 122 valence electrons. The molecule has 2 rings (SSSR count). The number of amides is 2. The Kier molecular flexibility index (Phi) is 5.88. The van der Waals surface area contributed by atoms with Gasteiger partial charge in [-0.3, -0.25) is 4.90 Å². The largest absolute Gasteiger partial charge is 0.331 e. The van der Waals surface area contributed by atoms with E-state index in [-0.39, 0.29) is 6.03 Å². The SMILES string of the molecule is CC(C)N(CC1CCCN1)C1CCN(C(=O)N(C)C)CC1. The summed E-state index contributed by atoms with van der Waals surface area (Å²) in [5, 5.41) is 3.61. The smallest absolute Gasteiger partial charge is 0.319 e. The van der Waals surface area contributed by atoms with Crippen molar-refractivity contribution in [1.82, 2.24) is 20.0 Å². The van der Waals surface area contributed by atoms with Crippen molar-refractivity contribution in [3.05, 3.63) is 0 Å². The maximum absolute atomic E-state index is 12.0. The molecule has 1 N–H and O–H groups in total. The minimum absolute atomic E-state index is 0.155. The first-order chi connectivity index (χ1) is 9.99. The van der Waals surface area contributed by atoms with E-state index < -0.39 is 0 Å². The number of carbonyl (C=O) groups excluding carboxylic acids is 1. The Morgan fingerprint density at radius 1 is 1.24 bits per heavy atom. The van der Waals surface area contributed by atoms with Gasteiger partial charge in [-0.25, -0.2) is 4.79 Å². The second-order valence-corrected chi connectivity index (χ2v) is 6.98. The molecule has 0 aromatic heterocycles. The van der Waals surface area contributed by atoms with Crippen molar-refractivity contribution in [1.29, 1.82) is 0 Å². The average molecular weight is 296 g/mol. The Morgan fingerprint density at radius 2 is 1.90 bits per heavy atom. The summed E-state index contributed by atoms with van der Waals surface area (Å²) in [6, 6.07) is 2.02. The van der Waals surface area contributed by atoms with Crippen molar-refractivity contribution in [3.63, 3.8) is 0 Å². The van der Waals surface area contributed by atoms with E-state index in [1.54, 1.807) is 4.90 Å². The van der Waals surface area contributed by atoms with Crippen molar-refractivity contribution in [2.45, 2.75) is 57.7 Å². The first kappa shape index (κ1) is 16.6. The lowest BCUT2D eigenvalue weighted by atomic mass is 10.0. The van der Waals surface area contributed by atoms with Gasteiger partial charge in [0.25, 0.3) is 0 Å². The van der Waals surface area contributed by atoms with Crippen molar-refractivity contribution in [3.8, 4) is 0 Å². The van der Waals surface area contributed by atoms with Gasteiger partial charge in [-0.2, -0.15) is 0 Å². The minimum atomic E-state index is 0.155. The van der Waals surface area contributed by atoms with Crippen LogP contribution in [0.2, 0.25) is 0 Å². The van der Waals surface area contributed by atoms with Crippen molar-refractivity contribution in [2.24, 2.45) is 0 Å². The fourth-order valence-electron chi connectivity index (χ4n) is 3.62. The molecule has 5 nitrogen and oxygen atoms in total. The van der Waals surface area contributed by atoms with E-state index in [2.05, 4.69) is 24.1 Å². The van der Waals surface area contributed by atoms with E-state index in [0.717, 1.165) is 32.5 Å². The summed E-state index contributed by atoms with van der Waals surface area (Å²) >= 11 is 0. The molecule has 2 heterocycles. The monoisotopic (exact) mass is 296 g/mol. The van der Waals surface area contributed by atoms with Gasteiger partial charge in [-0.1, -0.05) is 0 Å². The fraction of sp³-hybridized carbons (Fsp3) is 0.938. The molecule has 21 heavy (non-hydrogen) atoms.